The monoisotopic (exact) mass is 297 g/mol. The Morgan fingerprint density at radius 1 is 1.20 bits per heavy atom. The Morgan fingerprint density at radius 2 is 1.85 bits per heavy atom. The smallest absolute Gasteiger partial charge is 0.0598 e. The molecule has 0 spiro atoms. The summed E-state index contributed by atoms with van der Waals surface area (Å²) in [6.07, 6.45) is 2.18. The highest BCUT2D eigenvalue weighted by molar-refractivity contribution is 6.30. The van der Waals surface area contributed by atoms with Crippen LogP contribution in [-0.2, 0) is 4.74 Å². The molecule has 0 bridgehead atoms. The van der Waals surface area contributed by atoms with E-state index in [2.05, 4.69) is 45.1 Å². The van der Waals surface area contributed by atoms with Crippen LogP contribution >= 0.6 is 11.6 Å². The van der Waals surface area contributed by atoms with Crippen molar-refractivity contribution >= 4 is 11.6 Å². The zero-order valence-electron chi connectivity index (χ0n) is 13.2. The van der Waals surface area contributed by atoms with Crippen molar-refractivity contribution in [1.29, 1.82) is 0 Å². The molecule has 20 heavy (non-hydrogen) atoms. The van der Waals surface area contributed by atoms with Gasteiger partial charge in [0.1, 0.15) is 0 Å². The van der Waals surface area contributed by atoms with Crippen LogP contribution in [0.1, 0.15) is 52.0 Å². The van der Waals surface area contributed by atoms with Crippen LogP contribution in [0.25, 0.3) is 0 Å². The summed E-state index contributed by atoms with van der Waals surface area (Å²) >= 11 is 5.97. The van der Waals surface area contributed by atoms with Crippen LogP contribution in [0.15, 0.2) is 24.3 Å². The van der Waals surface area contributed by atoms with Gasteiger partial charge in [-0.25, -0.2) is 0 Å². The van der Waals surface area contributed by atoms with Gasteiger partial charge >= 0.3 is 0 Å². The van der Waals surface area contributed by atoms with Crippen LogP contribution in [0.4, 0.5) is 0 Å². The maximum Gasteiger partial charge on any atom is 0.0598 e. The molecule has 114 valence electrons. The molecule has 0 saturated carbocycles. The van der Waals surface area contributed by atoms with Crippen molar-refractivity contribution in [3.05, 3.63) is 34.9 Å². The molecule has 0 amide bonds. The molecule has 0 radical (unpaired) electrons. The van der Waals surface area contributed by atoms with Gasteiger partial charge < -0.3 is 10.1 Å². The SMILES string of the molecule is CCCNCC(CCOC(C)(C)C)c1ccc(Cl)cc1. The van der Waals surface area contributed by atoms with Crippen molar-refractivity contribution in [2.75, 3.05) is 19.7 Å². The van der Waals surface area contributed by atoms with Crippen LogP contribution in [0.2, 0.25) is 5.02 Å². The minimum atomic E-state index is -0.0681. The Labute approximate surface area is 128 Å². The highest BCUT2D eigenvalue weighted by Gasteiger charge is 2.14. The Bertz CT molecular complexity index is 370. The largest absolute Gasteiger partial charge is 0.376 e. The van der Waals surface area contributed by atoms with E-state index >= 15 is 0 Å². The minimum absolute atomic E-state index is 0.0681. The van der Waals surface area contributed by atoms with E-state index in [9.17, 15) is 0 Å². The second kappa shape index (κ2) is 8.66. The standard InChI is InChI=1S/C17H28ClNO/c1-5-11-19-13-15(10-12-20-17(2,3)4)14-6-8-16(18)9-7-14/h6-9,15,19H,5,10-13H2,1-4H3. The van der Waals surface area contributed by atoms with E-state index in [1.54, 1.807) is 0 Å². The number of rotatable bonds is 8. The summed E-state index contributed by atoms with van der Waals surface area (Å²) in [4.78, 5) is 0. The van der Waals surface area contributed by atoms with Crippen LogP contribution < -0.4 is 5.32 Å². The molecule has 0 fully saturated rings. The lowest BCUT2D eigenvalue weighted by Gasteiger charge is -2.23. The number of halogens is 1. The molecular weight excluding hydrogens is 270 g/mol. The van der Waals surface area contributed by atoms with Crippen molar-refractivity contribution in [2.45, 2.75) is 52.1 Å². The third-order valence-corrected chi connectivity index (χ3v) is 3.41. The molecular formula is C17H28ClNO. The van der Waals surface area contributed by atoms with E-state index in [4.69, 9.17) is 16.3 Å². The fraction of sp³-hybridized carbons (Fsp3) is 0.647. The van der Waals surface area contributed by atoms with Gasteiger partial charge in [-0.15, -0.1) is 0 Å². The Kier molecular flexibility index (Phi) is 7.57. The summed E-state index contributed by atoms with van der Waals surface area (Å²) in [6.45, 7) is 11.3. The van der Waals surface area contributed by atoms with Gasteiger partial charge in [0.25, 0.3) is 0 Å². The molecule has 3 heteroatoms. The lowest BCUT2D eigenvalue weighted by Crippen LogP contribution is -2.25. The lowest BCUT2D eigenvalue weighted by molar-refractivity contribution is -0.00622. The van der Waals surface area contributed by atoms with Crippen molar-refractivity contribution < 1.29 is 4.74 Å². The van der Waals surface area contributed by atoms with Gasteiger partial charge in [-0.1, -0.05) is 30.7 Å². The number of ether oxygens (including phenoxy) is 1. The Morgan fingerprint density at radius 3 is 2.40 bits per heavy atom. The third-order valence-electron chi connectivity index (χ3n) is 3.16. The van der Waals surface area contributed by atoms with E-state index in [0.717, 1.165) is 37.6 Å². The molecule has 0 aromatic heterocycles. The molecule has 1 N–H and O–H groups in total. The maximum atomic E-state index is 5.97. The minimum Gasteiger partial charge on any atom is -0.376 e. The first kappa shape index (κ1) is 17.5. The van der Waals surface area contributed by atoms with Crippen molar-refractivity contribution in [3.8, 4) is 0 Å². The van der Waals surface area contributed by atoms with Gasteiger partial charge in [-0.05, 0) is 63.8 Å². The van der Waals surface area contributed by atoms with E-state index in [1.807, 2.05) is 12.1 Å². The van der Waals surface area contributed by atoms with Crippen LogP contribution in [-0.4, -0.2) is 25.3 Å². The molecule has 1 unspecified atom stereocenters. The van der Waals surface area contributed by atoms with Crippen LogP contribution in [0, 0.1) is 0 Å². The van der Waals surface area contributed by atoms with E-state index in [0.29, 0.717) is 5.92 Å². The number of hydrogen-bond donors (Lipinski definition) is 1. The molecule has 0 heterocycles. The average Bonchev–Trinajstić information content (AvgIpc) is 2.37. The molecule has 0 aliphatic heterocycles. The van der Waals surface area contributed by atoms with Crippen LogP contribution in [0.3, 0.4) is 0 Å². The zero-order chi connectivity index (χ0) is 15.0. The highest BCUT2D eigenvalue weighted by Crippen LogP contribution is 2.22. The zero-order valence-corrected chi connectivity index (χ0v) is 14.0. The van der Waals surface area contributed by atoms with Crippen molar-refractivity contribution in [1.82, 2.24) is 5.32 Å². The predicted octanol–water partition coefficient (Wildman–Crippen LogP) is 4.63. The molecule has 1 aromatic carbocycles. The Hall–Kier alpha value is -0.570. The summed E-state index contributed by atoms with van der Waals surface area (Å²) in [5, 5.41) is 4.30. The van der Waals surface area contributed by atoms with Gasteiger partial charge in [0.05, 0.1) is 5.60 Å². The van der Waals surface area contributed by atoms with E-state index in [1.165, 1.54) is 5.56 Å². The second-order valence-corrected chi connectivity index (χ2v) is 6.64. The van der Waals surface area contributed by atoms with E-state index < -0.39 is 0 Å². The first-order chi connectivity index (χ1) is 9.42. The van der Waals surface area contributed by atoms with E-state index in [-0.39, 0.29) is 5.60 Å². The molecule has 1 atom stereocenters. The first-order valence-electron chi connectivity index (χ1n) is 7.52. The second-order valence-electron chi connectivity index (χ2n) is 6.20. The molecule has 0 aliphatic rings. The lowest BCUT2D eigenvalue weighted by atomic mass is 9.96. The third kappa shape index (κ3) is 7.28. The number of nitrogens with one attached hydrogen (secondary N) is 1. The summed E-state index contributed by atoms with van der Waals surface area (Å²) in [5.74, 6) is 0.473. The average molecular weight is 298 g/mol. The summed E-state index contributed by atoms with van der Waals surface area (Å²) in [5.41, 5.74) is 1.26. The van der Waals surface area contributed by atoms with Crippen LogP contribution in [0.5, 0.6) is 0 Å². The topological polar surface area (TPSA) is 21.3 Å². The quantitative estimate of drug-likeness (QED) is 0.707. The highest BCUT2D eigenvalue weighted by atomic mass is 35.5. The van der Waals surface area contributed by atoms with Crippen molar-refractivity contribution in [2.24, 2.45) is 0 Å². The van der Waals surface area contributed by atoms with Gasteiger partial charge in [0.2, 0.25) is 0 Å². The Balaban J connectivity index is 2.57. The molecule has 0 saturated heterocycles. The molecule has 1 rings (SSSR count). The number of hydrogen-bond acceptors (Lipinski definition) is 2. The molecule has 2 nitrogen and oxygen atoms in total. The van der Waals surface area contributed by atoms with Gasteiger partial charge in [0, 0.05) is 18.2 Å². The van der Waals surface area contributed by atoms with Gasteiger partial charge in [-0.2, -0.15) is 0 Å². The molecule has 1 aromatic rings. The summed E-state index contributed by atoms with van der Waals surface area (Å²) in [7, 11) is 0. The predicted molar refractivity (Wildman–Crippen MR) is 87.7 cm³/mol. The molecule has 0 aliphatic carbocycles. The van der Waals surface area contributed by atoms with Gasteiger partial charge in [0.15, 0.2) is 0 Å². The first-order valence-corrected chi connectivity index (χ1v) is 7.90. The summed E-state index contributed by atoms with van der Waals surface area (Å²) in [6, 6.07) is 8.18. The summed E-state index contributed by atoms with van der Waals surface area (Å²) < 4.78 is 5.86. The number of benzene rings is 1. The fourth-order valence-corrected chi connectivity index (χ4v) is 2.21. The fourth-order valence-electron chi connectivity index (χ4n) is 2.08. The van der Waals surface area contributed by atoms with Gasteiger partial charge in [-0.3, -0.25) is 0 Å². The maximum absolute atomic E-state index is 5.97. The normalized spacial score (nSPS) is 13.4. The van der Waals surface area contributed by atoms with Crippen molar-refractivity contribution in [3.63, 3.8) is 0 Å².